The molecule has 6 heteroatoms. The zero-order chi connectivity index (χ0) is 16.8. The Labute approximate surface area is 136 Å². The van der Waals surface area contributed by atoms with E-state index >= 15 is 0 Å². The van der Waals surface area contributed by atoms with Crippen molar-refractivity contribution in [2.24, 2.45) is 11.1 Å². The van der Waals surface area contributed by atoms with E-state index < -0.39 is 0 Å². The van der Waals surface area contributed by atoms with Crippen LogP contribution in [-0.2, 0) is 0 Å². The smallest absolute Gasteiger partial charge is 0.255 e. The van der Waals surface area contributed by atoms with Gasteiger partial charge in [0.15, 0.2) is 5.82 Å². The van der Waals surface area contributed by atoms with E-state index in [0.29, 0.717) is 12.4 Å². The molecule has 3 rings (SSSR count). The molecule has 1 saturated heterocycles. The number of nitrogens with two attached hydrogens (primary N) is 1. The molecular weight excluding hydrogens is 292 g/mol. The van der Waals surface area contributed by atoms with E-state index in [4.69, 9.17) is 10.3 Å². The van der Waals surface area contributed by atoms with Gasteiger partial charge in [-0.3, -0.25) is 9.36 Å². The third-order valence-electron chi connectivity index (χ3n) is 4.84. The van der Waals surface area contributed by atoms with Crippen molar-refractivity contribution in [3.8, 4) is 5.82 Å². The van der Waals surface area contributed by atoms with E-state index in [0.717, 1.165) is 42.2 Å². The van der Waals surface area contributed by atoms with Gasteiger partial charge in [-0.25, -0.2) is 0 Å². The number of carbonyl (C=O) groups excluding carboxylic acids is 1. The van der Waals surface area contributed by atoms with Gasteiger partial charge in [0, 0.05) is 30.5 Å². The van der Waals surface area contributed by atoms with Crippen LogP contribution in [0.2, 0.25) is 0 Å². The lowest BCUT2D eigenvalue weighted by atomic mass is 9.90. The highest BCUT2D eigenvalue weighted by Gasteiger charge is 2.36. The topological polar surface area (TPSA) is 77.3 Å². The molecule has 2 aromatic heterocycles. The van der Waals surface area contributed by atoms with Crippen LogP contribution in [0.15, 0.2) is 16.7 Å². The summed E-state index contributed by atoms with van der Waals surface area (Å²) in [4.78, 5) is 14.8. The fourth-order valence-corrected chi connectivity index (χ4v) is 3.32. The molecule has 1 amide bonds. The van der Waals surface area contributed by atoms with Crippen molar-refractivity contribution >= 4 is 5.91 Å². The number of hydrogen-bond acceptors (Lipinski definition) is 4. The summed E-state index contributed by atoms with van der Waals surface area (Å²) in [7, 11) is 0. The molecule has 1 atom stereocenters. The predicted octanol–water partition coefficient (Wildman–Crippen LogP) is 2.20. The van der Waals surface area contributed by atoms with Gasteiger partial charge in [0.2, 0.25) is 0 Å². The van der Waals surface area contributed by atoms with Gasteiger partial charge in [0.25, 0.3) is 5.91 Å². The molecule has 1 unspecified atom stereocenters. The van der Waals surface area contributed by atoms with Crippen LogP contribution in [0.5, 0.6) is 0 Å². The van der Waals surface area contributed by atoms with Gasteiger partial charge in [0.1, 0.15) is 5.76 Å². The average Bonchev–Trinajstić information content (AvgIpc) is 3.18. The van der Waals surface area contributed by atoms with Crippen molar-refractivity contribution in [3.63, 3.8) is 0 Å². The maximum atomic E-state index is 12.9. The molecule has 0 radical (unpaired) electrons. The lowest BCUT2D eigenvalue weighted by molar-refractivity contribution is 0.0776. The van der Waals surface area contributed by atoms with Crippen LogP contribution in [-0.4, -0.2) is 40.2 Å². The van der Waals surface area contributed by atoms with Crippen molar-refractivity contribution in [1.82, 2.24) is 14.6 Å². The van der Waals surface area contributed by atoms with Crippen LogP contribution in [0.25, 0.3) is 5.82 Å². The molecule has 0 aromatic carbocycles. The normalized spacial score (nSPS) is 21.2. The molecule has 1 aliphatic rings. The van der Waals surface area contributed by atoms with Crippen molar-refractivity contribution in [3.05, 3.63) is 34.8 Å². The number of nitrogens with zero attached hydrogens (tertiary/aromatic N) is 3. The third-order valence-corrected chi connectivity index (χ3v) is 4.84. The molecule has 124 valence electrons. The van der Waals surface area contributed by atoms with E-state index in [-0.39, 0.29) is 11.3 Å². The average molecular weight is 316 g/mol. The molecule has 2 aromatic rings. The first-order chi connectivity index (χ1) is 10.8. The lowest BCUT2D eigenvalue weighted by Crippen LogP contribution is -2.34. The second-order valence-corrected chi connectivity index (χ2v) is 6.91. The number of carbonyl (C=O) groups is 1. The second-order valence-electron chi connectivity index (χ2n) is 6.91. The minimum Gasteiger partial charge on any atom is -0.360 e. The molecule has 0 spiro atoms. The first-order valence-corrected chi connectivity index (χ1v) is 7.96. The summed E-state index contributed by atoms with van der Waals surface area (Å²) in [5, 5.41) is 4.06. The Morgan fingerprint density at radius 2 is 2.13 bits per heavy atom. The number of amides is 1. The van der Waals surface area contributed by atoms with Crippen LogP contribution in [0.4, 0.5) is 0 Å². The number of likely N-dealkylation sites (tertiary alicyclic amines) is 1. The Balaban J connectivity index is 1.91. The number of aryl methyl sites for hydroxylation is 2. The van der Waals surface area contributed by atoms with Gasteiger partial charge in [0.05, 0.1) is 5.56 Å². The number of rotatable bonds is 3. The zero-order valence-electron chi connectivity index (χ0n) is 14.2. The zero-order valence-corrected chi connectivity index (χ0v) is 14.2. The number of aromatic nitrogens is 2. The second kappa shape index (κ2) is 5.53. The molecule has 1 aliphatic heterocycles. The van der Waals surface area contributed by atoms with Crippen LogP contribution in [0.1, 0.15) is 40.9 Å². The standard InChI is InChI=1S/C17H24N4O2/c1-11-7-14(13(3)21(11)15-8-12(2)23-19-15)16(22)20-6-5-17(4,9-18)10-20/h7-8H,5-6,9-10,18H2,1-4H3. The molecule has 6 nitrogen and oxygen atoms in total. The SMILES string of the molecule is Cc1cc(-n2c(C)cc(C(=O)N3CCC(C)(CN)C3)c2C)no1. The fraction of sp³-hybridized carbons (Fsp3) is 0.529. The van der Waals surface area contributed by atoms with E-state index in [1.165, 1.54) is 0 Å². The highest BCUT2D eigenvalue weighted by atomic mass is 16.5. The van der Waals surface area contributed by atoms with Crippen LogP contribution in [0, 0.1) is 26.2 Å². The number of hydrogen-bond donors (Lipinski definition) is 1. The Bertz CT molecular complexity index is 746. The van der Waals surface area contributed by atoms with Crippen molar-refractivity contribution in [2.45, 2.75) is 34.1 Å². The molecule has 3 heterocycles. The summed E-state index contributed by atoms with van der Waals surface area (Å²) in [5.41, 5.74) is 8.47. The Kier molecular flexibility index (Phi) is 3.80. The van der Waals surface area contributed by atoms with Gasteiger partial charge in [-0.15, -0.1) is 0 Å². The highest BCUT2D eigenvalue weighted by molar-refractivity contribution is 5.96. The van der Waals surface area contributed by atoms with E-state index in [1.54, 1.807) is 0 Å². The molecule has 23 heavy (non-hydrogen) atoms. The monoisotopic (exact) mass is 316 g/mol. The Morgan fingerprint density at radius 3 is 2.70 bits per heavy atom. The largest absolute Gasteiger partial charge is 0.360 e. The quantitative estimate of drug-likeness (QED) is 0.941. The van der Waals surface area contributed by atoms with Gasteiger partial charge >= 0.3 is 0 Å². The predicted molar refractivity (Wildman–Crippen MR) is 87.7 cm³/mol. The summed E-state index contributed by atoms with van der Waals surface area (Å²) >= 11 is 0. The molecule has 0 aliphatic carbocycles. The van der Waals surface area contributed by atoms with E-state index in [1.807, 2.05) is 42.4 Å². The van der Waals surface area contributed by atoms with E-state index in [2.05, 4.69) is 12.1 Å². The van der Waals surface area contributed by atoms with Crippen molar-refractivity contribution in [2.75, 3.05) is 19.6 Å². The van der Waals surface area contributed by atoms with Crippen LogP contribution in [0.3, 0.4) is 0 Å². The third kappa shape index (κ3) is 2.67. The molecular formula is C17H24N4O2. The van der Waals surface area contributed by atoms with Gasteiger partial charge in [-0.1, -0.05) is 12.1 Å². The van der Waals surface area contributed by atoms with E-state index in [9.17, 15) is 4.79 Å². The summed E-state index contributed by atoms with van der Waals surface area (Å²) in [5.74, 6) is 1.53. The summed E-state index contributed by atoms with van der Waals surface area (Å²) in [6, 6.07) is 3.80. The van der Waals surface area contributed by atoms with Gasteiger partial charge < -0.3 is 15.2 Å². The fourth-order valence-electron chi connectivity index (χ4n) is 3.32. The first-order valence-electron chi connectivity index (χ1n) is 7.96. The minimum absolute atomic E-state index is 0.0321. The van der Waals surface area contributed by atoms with Crippen molar-refractivity contribution < 1.29 is 9.32 Å². The maximum Gasteiger partial charge on any atom is 0.255 e. The summed E-state index contributed by atoms with van der Waals surface area (Å²) in [6.07, 6.45) is 0.955. The highest BCUT2D eigenvalue weighted by Crippen LogP contribution is 2.31. The summed E-state index contributed by atoms with van der Waals surface area (Å²) in [6.45, 7) is 10.0. The van der Waals surface area contributed by atoms with Crippen LogP contribution >= 0.6 is 0 Å². The van der Waals surface area contributed by atoms with Crippen LogP contribution < -0.4 is 5.73 Å². The Hall–Kier alpha value is -2.08. The molecule has 2 N–H and O–H groups in total. The molecule has 0 bridgehead atoms. The Morgan fingerprint density at radius 1 is 1.39 bits per heavy atom. The van der Waals surface area contributed by atoms with Gasteiger partial charge in [-0.2, -0.15) is 0 Å². The first kappa shape index (κ1) is 15.8. The molecule has 0 saturated carbocycles. The summed E-state index contributed by atoms with van der Waals surface area (Å²) < 4.78 is 7.12. The minimum atomic E-state index is 0.0321. The lowest BCUT2D eigenvalue weighted by Gasteiger charge is -2.22. The van der Waals surface area contributed by atoms with Crippen molar-refractivity contribution in [1.29, 1.82) is 0 Å². The van der Waals surface area contributed by atoms with Gasteiger partial charge in [-0.05, 0) is 45.2 Å². The molecule has 1 fully saturated rings. The maximum absolute atomic E-state index is 12.9.